The molecule has 0 saturated heterocycles. The zero-order valence-corrected chi connectivity index (χ0v) is 22.9. The van der Waals surface area contributed by atoms with Gasteiger partial charge in [0.15, 0.2) is 11.5 Å². The summed E-state index contributed by atoms with van der Waals surface area (Å²) in [6, 6.07) is 18.3. The molecule has 8 nitrogen and oxygen atoms in total. The number of imidazole rings is 1. The van der Waals surface area contributed by atoms with Crippen LogP contribution in [-0.4, -0.2) is 35.0 Å². The molecule has 3 aromatic heterocycles. The molecule has 0 spiro atoms. The molecule has 0 amide bonds. The van der Waals surface area contributed by atoms with Crippen LogP contribution in [-0.2, 0) is 10.0 Å². The van der Waals surface area contributed by atoms with Gasteiger partial charge in [-0.3, -0.25) is 4.57 Å². The van der Waals surface area contributed by atoms with E-state index in [9.17, 15) is 8.42 Å². The second kappa shape index (κ2) is 11.5. The van der Waals surface area contributed by atoms with Crippen molar-refractivity contribution in [2.75, 3.05) is 12.8 Å². The summed E-state index contributed by atoms with van der Waals surface area (Å²) in [5, 5.41) is 1.96. The number of nitrogens with zero attached hydrogens (tertiary/aromatic N) is 4. The van der Waals surface area contributed by atoms with Gasteiger partial charge >= 0.3 is 0 Å². The fourth-order valence-electron chi connectivity index (χ4n) is 3.78. The fourth-order valence-corrected chi connectivity index (χ4v) is 4.86. The first-order valence-electron chi connectivity index (χ1n) is 11.4. The van der Waals surface area contributed by atoms with Gasteiger partial charge in [-0.25, -0.2) is 28.1 Å². The van der Waals surface area contributed by atoms with E-state index < -0.39 is 10.0 Å². The molecule has 3 heterocycles. The van der Waals surface area contributed by atoms with E-state index in [1.54, 1.807) is 42.7 Å². The van der Waals surface area contributed by atoms with Crippen LogP contribution in [0.4, 0.5) is 5.82 Å². The summed E-state index contributed by atoms with van der Waals surface area (Å²) in [6.07, 6.45) is 8.63. The number of sulfonamides is 1. The number of hydrogen-bond donors (Lipinski definition) is 2. The minimum Gasteiger partial charge on any atom is -0.383 e. The summed E-state index contributed by atoms with van der Waals surface area (Å²) in [6.45, 7) is 7.62. The number of fused-ring (bicyclic) bond motifs is 2. The second-order valence-corrected chi connectivity index (χ2v) is 10.8. The van der Waals surface area contributed by atoms with Crippen molar-refractivity contribution in [3.63, 3.8) is 0 Å². The highest BCUT2D eigenvalue weighted by atomic mass is 79.9. The molecule has 0 aliphatic heterocycles. The van der Waals surface area contributed by atoms with E-state index in [2.05, 4.69) is 48.8 Å². The zero-order chi connectivity index (χ0) is 27.3. The number of benzene rings is 2. The maximum absolute atomic E-state index is 11.5. The minimum absolute atomic E-state index is 0.295. The standard InChI is InChI=1S/C17H14BrN5.C11H11NO2S/c1-3-6-12(4-2)23-16(13-7-5-8-20-15(13)19)22-14-9-11(18)10-21-17(14)23;1-12-15(13,14)11-7-6-9-4-2-3-5-10(9)8-11/h3-10H,1-2H2,(H2,19,20);2-8,12H,1H3/b12-6+;. The Morgan fingerprint density at radius 3 is 2.50 bits per heavy atom. The number of nitrogens with two attached hydrogens (primary N) is 1. The Balaban J connectivity index is 0.000000194. The first-order chi connectivity index (χ1) is 18.3. The van der Waals surface area contributed by atoms with Gasteiger partial charge in [0, 0.05) is 22.6 Å². The lowest BCUT2D eigenvalue weighted by Crippen LogP contribution is -2.18. The average Bonchev–Trinajstić information content (AvgIpc) is 3.30. The number of nitrogens with one attached hydrogen (secondary N) is 1. The minimum atomic E-state index is -3.34. The summed E-state index contributed by atoms with van der Waals surface area (Å²) >= 11 is 3.42. The Hall–Kier alpha value is -4.12. The number of allylic oxidation sites excluding steroid dienone is 4. The lowest BCUT2D eigenvalue weighted by atomic mass is 10.1. The molecule has 0 atom stereocenters. The third kappa shape index (κ3) is 5.57. The molecule has 38 heavy (non-hydrogen) atoms. The van der Waals surface area contributed by atoms with Crippen LogP contribution in [0.2, 0.25) is 0 Å². The zero-order valence-electron chi connectivity index (χ0n) is 20.5. The molecule has 5 aromatic rings. The molecule has 10 heteroatoms. The van der Waals surface area contributed by atoms with E-state index in [1.165, 1.54) is 7.05 Å². The SMILES string of the molecule is C=C/C=C(\C=C)n1c(-c2cccnc2N)nc2cc(Br)cnc21.CNS(=O)(=O)c1ccc2ccccc2c1. The van der Waals surface area contributed by atoms with Crippen LogP contribution in [0.3, 0.4) is 0 Å². The maximum atomic E-state index is 11.5. The Bertz CT molecular complexity index is 1790. The van der Waals surface area contributed by atoms with Gasteiger partial charge in [-0.2, -0.15) is 0 Å². The molecule has 0 bridgehead atoms. The van der Waals surface area contributed by atoms with E-state index >= 15 is 0 Å². The van der Waals surface area contributed by atoms with Crippen LogP contribution in [0.25, 0.3) is 39.0 Å². The molecule has 0 unspecified atom stereocenters. The van der Waals surface area contributed by atoms with Gasteiger partial charge in [-0.15, -0.1) is 0 Å². The lowest BCUT2D eigenvalue weighted by molar-refractivity contribution is 0.588. The highest BCUT2D eigenvalue weighted by molar-refractivity contribution is 9.10. The highest BCUT2D eigenvalue weighted by Gasteiger charge is 2.18. The van der Waals surface area contributed by atoms with Crippen molar-refractivity contribution in [1.29, 1.82) is 0 Å². The number of aromatic nitrogens is 4. The third-order valence-electron chi connectivity index (χ3n) is 5.60. The average molecular weight is 590 g/mol. The van der Waals surface area contributed by atoms with Crippen molar-refractivity contribution in [2.24, 2.45) is 0 Å². The topological polar surface area (TPSA) is 116 Å². The van der Waals surface area contributed by atoms with E-state index in [0.717, 1.165) is 32.0 Å². The number of halogens is 1. The molecule has 192 valence electrons. The summed E-state index contributed by atoms with van der Waals surface area (Å²) in [4.78, 5) is 13.6. The van der Waals surface area contributed by atoms with Gasteiger partial charge in [0.1, 0.15) is 11.3 Å². The molecule has 0 saturated carbocycles. The van der Waals surface area contributed by atoms with Crippen molar-refractivity contribution in [1.82, 2.24) is 24.2 Å². The lowest BCUT2D eigenvalue weighted by Gasteiger charge is -2.10. The van der Waals surface area contributed by atoms with Crippen LogP contribution >= 0.6 is 15.9 Å². The first kappa shape index (κ1) is 26.9. The molecule has 0 fully saturated rings. The maximum Gasteiger partial charge on any atom is 0.240 e. The third-order valence-corrected chi connectivity index (χ3v) is 7.44. The number of hydrogen-bond acceptors (Lipinski definition) is 6. The van der Waals surface area contributed by atoms with Gasteiger partial charge < -0.3 is 5.73 Å². The van der Waals surface area contributed by atoms with Crippen LogP contribution in [0.15, 0.2) is 114 Å². The highest BCUT2D eigenvalue weighted by Crippen LogP contribution is 2.31. The number of pyridine rings is 2. The van der Waals surface area contributed by atoms with Crippen molar-refractivity contribution in [3.8, 4) is 11.4 Å². The Morgan fingerprint density at radius 1 is 1.05 bits per heavy atom. The molecule has 0 aliphatic carbocycles. The fraction of sp³-hybridized carbons (Fsp3) is 0.0357. The molecule has 5 rings (SSSR count). The van der Waals surface area contributed by atoms with E-state index in [1.807, 2.05) is 53.1 Å². The van der Waals surface area contributed by atoms with E-state index in [-0.39, 0.29) is 0 Å². The van der Waals surface area contributed by atoms with Gasteiger partial charge in [0.25, 0.3) is 0 Å². The van der Waals surface area contributed by atoms with E-state index in [4.69, 9.17) is 5.73 Å². The monoisotopic (exact) mass is 588 g/mol. The van der Waals surface area contributed by atoms with Crippen LogP contribution in [0, 0.1) is 0 Å². The van der Waals surface area contributed by atoms with Gasteiger partial charge in [0.2, 0.25) is 10.0 Å². The number of rotatable bonds is 6. The predicted molar refractivity (Wildman–Crippen MR) is 158 cm³/mol. The van der Waals surface area contributed by atoms with Crippen LogP contribution in [0.5, 0.6) is 0 Å². The first-order valence-corrected chi connectivity index (χ1v) is 13.7. The largest absolute Gasteiger partial charge is 0.383 e. The molecule has 2 aromatic carbocycles. The molecular weight excluding hydrogens is 564 g/mol. The summed E-state index contributed by atoms with van der Waals surface area (Å²) in [5.74, 6) is 1.06. The summed E-state index contributed by atoms with van der Waals surface area (Å²) < 4.78 is 28.1. The molecule has 0 radical (unpaired) electrons. The molecule has 3 N–H and O–H groups in total. The van der Waals surface area contributed by atoms with Crippen LogP contribution in [0.1, 0.15) is 0 Å². The summed E-state index contributed by atoms with van der Waals surface area (Å²) in [7, 11) is -1.93. The van der Waals surface area contributed by atoms with Gasteiger partial charge in [-0.1, -0.05) is 49.6 Å². The Labute approximate surface area is 229 Å². The number of nitrogen functional groups attached to an aromatic ring is 1. The van der Waals surface area contributed by atoms with Crippen molar-refractivity contribution < 1.29 is 8.42 Å². The molecule has 0 aliphatic rings. The smallest absolute Gasteiger partial charge is 0.240 e. The van der Waals surface area contributed by atoms with Crippen molar-refractivity contribution in [3.05, 3.63) is 109 Å². The van der Waals surface area contributed by atoms with Crippen molar-refractivity contribution >= 4 is 59.4 Å². The second-order valence-electron chi connectivity index (χ2n) is 7.95. The van der Waals surface area contributed by atoms with Gasteiger partial charge in [0.05, 0.1) is 10.5 Å². The Morgan fingerprint density at radius 2 is 1.82 bits per heavy atom. The van der Waals surface area contributed by atoms with Crippen LogP contribution < -0.4 is 10.5 Å². The Kier molecular flexibility index (Phi) is 8.16. The number of anilines is 1. The van der Waals surface area contributed by atoms with Gasteiger partial charge in [-0.05, 0) is 76.2 Å². The predicted octanol–water partition coefficient (Wildman–Crippen LogP) is 5.80. The normalized spacial score (nSPS) is 11.7. The molecular formula is C28H25BrN6O2S. The summed E-state index contributed by atoms with van der Waals surface area (Å²) in [5.41, 5.74) is 9.02. The van der Waals surface area contributed by atoms with E-state index in [0.29, 0.717) is 22.2 Å². The quantitative estimate of drug-likeness (QED) is 0.242. The van der Waals surface area contributed by atoms with Crippen molar-refractivity contribution in [2.45, 2.75) is 4.90 Å².